The van der Waals surface area contributed by atoms with Crippen molar-refractivity contribution in [1.29, 1.82) is 0 Å². The molecule has 0 saturated heterocycles. The van der Waals surface area contributed by atoms with Gasteiger partial charge >= 0.3 is 0 Å². The predicted octanol–water partition coefficient (Wildman–Crippen LogP) is 2.18. The highest BCUT2D eigenvalue weighted by molar-refractivity contribution is 5.33. The third-order valence-electron chi connectivity index (χ3n) is 2.71. The fourth-order valence-electron chi connectivity index (χ4n) is 1.85. The van der Waals surface area contributed by atoms with E-state index in [-0.39, 0.29) is 0 Å². The number of rotatable bonds is 2. The molecule has 1 aliphatic carbocycles. The Morgan fingerprint density at radius 2 is 1.94 bits per heavy atom. The van der Waals surface area contributed by atoms with E-state index in [0.717, 1.165) is 31.5 Å². The molecule has 3 N–H and O–H groups in total. The maximum atomic E-state index is 5.84. The minimum absolute atomic E-state index is 0.401. The zero-order valence-corrected chi connectivity index (χ0v) is 10.2. The average Bonchev–Trinajstić information content (AvgIpc) is 2.36. The van der Waals surface area contributed by atoms with Crippen molar-refractivity contribution in [3.63, 3.8) is 0 Å². The van der Waals surface area contributed by atoms with Crippen molar-refractivity contribution in [1.82, 2.24) is 9.97 Å². The van der Waals surface area contributed by atoms with Gasteiger partial charge in [0.15, 0.2) is 0 Å². The van der Waals surface area contributed by atoms with E-state index in [1.54, 1.807) is 12.5 Å². The molecule has 1 fully saturated rings. The Morgan fingerprint density at radius 1 is 1.25 bits per heavy atom. The summed E-state index contributed by atoms with van der Waals surface area (Å²) >= 11 is 0. The Kier molecular flexibility index (Phi) is 5.78. The maximum Gasteiger partial charge on any atom is 0.129 e. The molecule has 0 amide bonds. The Morgan fingerprint density at radius 3 is 2.50 bits per heavy atom. The van der Waals surface area contributed by atoms with Crippen LogP contribution >= 0.6 is 0 Å². The number of hydrogen-bond donors (Lipinski definition) is 2. The normalized spacial score (nSPS) is 24.2. The van der Waals surface area contributed by atoms with Gasteiger partial charge in [-0.05, 0) is 31.7 Å². The van der Waals surface area contributed by atoms with Gasteiger partial charge in [0.1, 0.15) is 12.1 Å². The monoisotopic (exact) mass is 222 g/mol. The van der Waals surface area contributed by atoms with Crippen molar-refractivity contribution < 1.29 is 0 Å². The van der Waals surface area contributed by atoms with Gasteiger partial charge in [-0.15, -0.1) is 0 Å². The minimum atomic E-state index is 0.401. The summed E-state index contributed by atoms with van der Waals surface area (Å²) in [6.45, 7) is 4.00. The molecule has 0 aromatic carbocycles. The predicted molar refractivity (Wildman–Crippen MR) is 67.2 cm³/mol. The van der Waals surface area contributed by atoms with E-state index in [9.17, 15) is 0 Å². The van der Waals surface area contributed by atoms with Crippen LogP contribution in [0.25, 0.3) is 0 Å². The fraction of sp³-hybridized carbons (Fsp3) is 0.667. The molecule has 16 heavy (non-hydrogen) atoms. The van der Waals surface area contributed by atoms with Gasteiger partial charge in [0, 0.05) is 18.3 Å². The Hall–Kier alpha value is -1.16. The lowest BCUT2D eigenvalue weighted by Crippen LogP contribution is -2.32. The molecule has 0 unspecified atom stereocenters. The van der Waals surface area contributed by atoms with E-state index in [2.05, 4.69) is 15.3 Å². The summed E-state index contributed by atoms with van der Waals surface area (Å²) in [6, 6.07) is 2.83. The van der Waals surface area contributed by atoms with Crippen molar-refractivity contribution in [3.05, 3.63) is 18.6 Å². The first-order chi connectivity index (χ1) is 7.84. The average molecular weight is 222 g/mol. The molecular formula is C12H22N4. The number of aromatic nitrogens is 2. The molecule has 0 bridgehead atoms. The molecule has 90 valence electrons. The largest absolute Gasteiger partial charge is 0.367 e. The number of nitrogens with one attached hydrogen (secondary N) is 1. The Labute approximate surface area is 97.7 Å². The highest BCUT2D eigenvalue weighted by atomic mass is 15.0. The van der Waals surface area contributed by atoms with Gasteiger partial charge in [0.25, 0.3) is 0 Å². The first-order valence-corrected chi connectivity index (χ1v) is 6.13. The van der Waals surface area contributed by atoms with E-state index >= 15 is 0 Å². The first-order valence-electron chi connectivity index (χ1n) is 6.13. The van der Waals surface area contributed by atoms with Crippen LogP contribution in [0.1, 0.15) is 39.5 Å². The van der Waals surface area contributed by atoms with Crippen LogP contribution in [0.3, 0.4) is 0 Å². The third kappa shape index (κ3) is 4.14. The summed E-state index contributed by atoms with van der Waals surface area (Å²) in [5.74, 6) is 0.917. The van der Waals surface area contributed by atoms with Crippen LogP contribution in [0.4, 0.5) is 5.82 Å². The fourth-order valence-corrected chi connectivity index (χ4v) is 1.85. The van der Waals surface area contributed by atoms with Crippen LogP contribution in [0.5, 0.6) is 0 Å². The molecule has 1 heterocycles. The lowest BCUT2D eigenvalue weighted by Gasteiger charge is -2.27. The summed E-state index contributed by atoms with van der Waals surface area (Å²) in [5, 5.41) is 3.39. The maximum absolute atomic E-state index is 5.84. The number of anilines is 1. The SMILES string of the molecule is CC.NC1CCC(Nc2ccncn2)CC1. The Bertz CT molecular complexity index is 268. The molecule has 0 aliphatic heterocycles. The lowest BCUT2D eigenvalue weighted by molar-refractivity contribution is 0.410. The number of hydrogen-bond acceptors (Lipinski definition) is 4. The van der Waals surface area contributed by atoms with Crippen molar-refractivity contribution in [2.45, 2.75) is 51.6 Å². The van der Waals surface area contributed by atoms with E-state index < -0.39 is 0 Å². The van der Waals surface area contributed by atoms with Crippen LogP contribution in [-0.2, 0) is 0 Å². The molecular weight excluding hydrogens is 200 g/mol. The van der Waals surface area contributed by atoms with Gasteiger partial charge in [0.2, 0.25) is 0 Å². The zero-order valence-electron chi connectivity index (χ0n) is 10.2. The van der Waals surface area contributed by atoms with Gasteiger partial charge in [0.05, 0.1) is 0 Å². The highest BCUT2D eigenvalue weighted by Crippen LogP contribution is 2.19. The van der Waals surface area contributed by atoms with Crippen molar-refractivity contribution >= 4 is 5.82 Å². The van der Waals surface area contributed by atoms with Gasteiger partial charge in [-0.25, -0.2) is 9.97 Å². The number of nitrogens with zero attached hydrogens (tertiary/aromatic N) is 2. The summed E-state index contributed by atoms with van der Waals surface area (Å²) in [7, 11) is 0. The molecule has 0 atom stereocenters. The third-order valence-corrected chi connectivity index (χ3v) is 2.71. The Balaban J connectivity index is 0.000000606. The van der Waals surface area contributed by atoms with E-state index in [4.69, 9.17) is 5.73 Å². The van der Waals surface area contributed by atoms with E-state index in [0.29, 0.717) is 12.1 Å². The van der Waals surface area contributed by atoms with Crippen molar-refractivity contribution in [2.75, 3.05) is 5.32 Å². The molecule has 1 aliphatic rings. The molecule has 0 spiro atoms. The van der Waals surface area contributed by atoms with E-state index in [1.807, 2.05) is 19.9 Å². The van der Waals surface area contributed by atoms with Crippen LogP contribution in [0.2, 0.25) is 0 Å². The van der Waals surface area contributed by atoms with Crippen LogP contribution in [0.15, 0.2) is 18.6 Å². The standard InChI is InChI=1S/C10H16N4.C2H6/c11-8-1-3-9(4-2-8)14-10-5-6-12-7-13-10;1-2/h5-9H,1-4,11H2,(H,12,13,14);1-2H3. The molecule has 2 rings (SSSR count). The highest BCUT2D eigenvalue weighted by Gasteiger charge is 2.18. The topological polar surface area (TPSA) is 63.8 Å². The molecule has 4 nitrogen and oxygen atoms in total. The van der Waals surface area contributed by atoms with Crippen molar-refractivity contribution in [2.24, 2.45) is 5.73 Å². The lowest BCUT2D eigenvalue weighted by atomic mass is 9.92. The van der Waals surface area contributed by atoms with Crippen molar-refractivity contribution in [3.8, 4) is 0 Å². The summed E-state index contributed by atoms with van der Waals surface area (Å²) < 4.78 is 0. The molecule has 4 heteroatoms. The quantitative estimate of drug-likeness (QED) is 0.805. The van der Waals surface area contributed by atoms with Gasteiger partial charge in [-0.3, -0.25) is 0 Å². The molecule has 1 saturated carbocycles. The van der Waals surface area contributed by atoms with Crippen LogP contribution in [0, 0.1) is 0 Å². The van der Waals surface area contributed by atoms with Gasteiger partial charge in [-0.1, -0.05) is 13.8 Å². The zero-order chi connectivity index (χ0) is 11.8. The second-order valence-electron chi connectivity index (χ2n) is 3.85. The van der Waals surface area contributed by atoms with Gasteiger partial charge < -0.3 is 11.1 Å². The number of nitrogens with two attached hydrogens (primary N) is 1. The molecule has 1 aromatic rings. The van der Waals surface area contributed by atoms with Crippen LogP contribution < -0.4 is 11.1 Å². The molecule has 1 aromatic heterocycles. The molecule has 0 radical (unpaired) electrons. The smallest absolute Gasteiger partial charge is 0.129 e. The van der Waals surface area contributed by atoms with Crippen LogP contribution in [-0.4, -0.2) is 22.1 Å². The second kappa shape index (κ2) is 7.17. The summed E-state index contributed by atoms with van der Waals surface area (Å²) in [6.07, 6.45) is 7.84. The van der Waals surface area contributed by atoms with E-state index in [1.165, 1.54) is 0 Å². The minimum Gasteiger partial charge on any atom is -0.367 e. The first kappa shape index (κ1) is 12.9. The summed E-state index contributed by atoms with van der Waals surface area (Å²) in [5.41, 5.74) is 5.84. The summed E-state index contributed by atoms with van der Waals surface area (Å²) in [4.78, 5) is 8.02. The second-order valence-corrected chi connectivity index (χ2v) is 3.85. The van der Waals surface area contributed by atoms with Gasteiger partial charge in [-0.2, -0.15) is 0 Å².